The summed E-state index contributed by atoms with van der Waals surface area (Å²) in [6.45, 7) is 0.817. The van der Waals surface area contributed by atoms with Gasteiger partial charge in [-0.2, -0.15) is 0 Å². The van der Waals surface area contributed by atoms with Crippen LogP contribution in [0.15, 0.2) is 18.2 Å². The molecule has 1 aromatic rings. The van der Waals surface area contributed by atoms with Crippen molar-refractivity contribution in [3.05, 3.63) is 35.4 Å². The van der Waals surface area contributed by atoms with E-state index >= 15 is 0 Å². The maximum Gasteiger partial charge on any atom is 0.306 e. The van der Waals surface area contributed by atoms with Crippen molar-refractivity contribution in [3.63, 3.8) is 0 Å². The van der Waals surface area contributed by atoms with Gasteiger partial charge in [-0.1, -0.05) is 6.07 Å². The number of aliphatic carboxylic acids is 1. The Morgan fingerprint density at radius 1 is 1.37 bits per heavy atom. The molecule has 1 unspecified atom stereocenters. The van der Waals surface area contributed by atoms with Gasteiger partial charge in [-0.15, -0.1) is 0 Å². The molecule has 0 aromatic heterocycles. The summed E-state index contributed by atoms with van der Waals surface area (Å²) >= 11 is 0. The third-order valence-corrected chi connectivity index (χ3v) is 2.36. The number of carboxylic acid groups (broad SMARTS) is 1. The second-order valence-corrected chi connectivity index (χ2v) is 4.35. The maximum absolute atomic E-state index is 13.3. The van der Waals surface area contributed by atoms with Gasteiger partial charge >= 0.3 is 5.97 Å². The standard InChI is InChI=1S/C12H13F2NO4/c1-12(19,5-9(16)17)6-15-11(18)7-3-2-4-8(13)10(7)14/h2-4,19H,5-6H2,1H3,(H,15,18)(H,16,17). The van der Waals surface area contributed by atoms with Crippen molar-refractivity contribution in [1.29, 1.82) is 0 Å². The van der Waals surface area contributed by atoms with Gasteiger partial charge in [-0.05, 0) is 19.1 Å². The minimum Gasteiger partial charge on any atom is -0.481 e. The summed E-state index contributed by atoms with van der Waals surface area (Å²) < 4.78 is 26.2. The lowest BCUT2D eigenvalue weighted by Gasteiger charge is -2.21. The number of carbonyl (C=O) groups is 2. The Labute approximate surface area is 107 Å². The van der Waals surface area contributed by atoms with Crippen molar-refractivity contribution in [1.82, 2.24) is 5.32 Å². The van der Waals surface area contributed by atoms with Gasteiger partial charge in [-0.25, -0.2) is 8.78 Å². The molecule has 0 aliphatic heterocycles. The zero-order chi connectivity index (χ0) is 14.6. The second kappa shape index (κ2) is 5.75. The van der Waals surface area contributed by atoms with Gasteiger partial charge in [0.1, 0.15) is 0 Å². The largest absolute Gasteiger partial charge is 0.481 e. The zero-order valence-electron chi connectivity index (χ0n) is 10.1. The molecule has 7 heteroatoms. The number of nitrogens with one attached hydrogen (secondary N) is 1. The SMILES string of the molecule is CC(O)(CNC(=O)c1cccc(F)c1F)CC(=O)O. The highest BCUT2D eigenvalue weighted by molar-refractivity contribution is 5.94. The van der Waals surface area contributed by atoms with Gasteiger partial charge in [0.15, 0.2) is 11.6 Å². The normalized spacial score (nSPS) is 13.7. The molecule has 1 amide bonds. The van der Waals surface area contributed by atoms with E-state index in [2.05, 4.69) is 5.32 Å². The number of rotatable bonds is 5. The van der Waals surface area contributed by atoms with Gasteiger partial charge in [0.05, 0.1) is 17.6 Å². The van der Waals surface area contributed by atoms with E-state index in [1.54, 1.807) is 0 Å². The van der Waals surface area contributed by atoms with Crippen LogP contribution in [0.4, 0.5) is 8.78 Å². The third-order valence-electron chi connectivity index (χ3n) is 2.36. The zero-order valence-corrected chi connectivity index (χ0v) is 10.1. The minimum atomic E-state index is -1.68. The van der Waals surface area contributed by atoms with Crippen LogP contribution in [0.3, 0.4) is 0 Å². The molecule has 104 valence electrons. The lowest BCUT2D eigenvalue weighted by molar-refractivity contribution is -0.141. The molecule has 19 heavy (non-hydrogen) atoms. The molecule has 0 aliphatic rings. The Morgan fingerprint density at radius 3 is 2.58 bits per heavy atom. The predicted octanol–water partition coefficient (Wildman–Crippen LogP) is 0.920. The van der Waals surface area contributed by atoms with Crippen LogP contribution in [0.25, 0.3) is 0 Å². The second-order valence-electron chi connectivity index (χ2n) is 4.35. The van der Waals surface area contributed by atoms with E-state index in [0.29, 0.717) is 0 Å². The van der Waals surface area contributed by atoms with Gasteiger partial charge < -0.3 is 15.5 Å². The first kappa shape index (κ1) is 15.0. The van der Waals surface area contributed by atoms with E-state index in [1.165, 1.54) is 13.0 Å². The highest BCUT2D eigenvalue weighted by Crippen LogP contribution is 2.12. The summed E-state index contributed by atoms with van der Waals surface area (Å²) in [7, 11) is 0. The Bertz CT molecular complexity index is 503. The quantitative estimate of drug-likeness (QED) is 0.744. The summed E-state index contributed by atoms with van der Waals surface area (Å²) in [5, 5.41) is 20.3. The maximum atomic E-state index is 13.3. The predicted molar refractivity (Wildman–Crippen MR) is 61.6 cm³/mol. The Hall–Kier alpha value is -2.02. The summed E-state index contributed by atoms with van der Waals surface area (Å²) in [6.07, 6.45) is -0.584. The average Bonchev–Trinajstić information content (AvgIpc) is 2.28. The molecule has 0 saturated heterocycles. The van der Waals surface area contributed by atoms with Crippen molar-refractivity contribution in [3.8, 4) is 0 Å². The molecule has 1 aromatic carbocycles. The van der Waals surface area contributed by atoms with Crippen molar-refractivity contribution < 1.29 is 28.6 Å². The highest BCUT2D eigenvalue weighted by Gasteiger charge is 2.25. The van der Waals surface area contributed by atoms with E-state index in [4.69, 9.17) is 5.11 Å². The fraction of sp³-hybridized carbons (Fsp3) is 0.333. The van der Waals surface area contributed by atoms with E-state index in [9.17, 15) is 23.5 Å². The summed E-state index contributed by atoms with van der Waals surface area (Å²) in [4.78, 5) is 22.0. The fourth-order valence-corrected chi connectivity index (χ4v) is 1.43. The van der Waals surface area contributed by atoms with Crippen LogP contribution in [-0.2, 0) is 4.79 Å². The van der Waals surface area contributed by atoms with E-state index < -0.39 is 47.6 Å². The van der Waals surface area contributed by atoms with Crippen LogP contribution in [-0.4, -0.2) is 34.2 Å². The van der Waals surface area contributed by atoms with E-state index in [0.717, 1.165) is 12.1 Å². The molecule has 5 nitrogen and oxygen atoms in total. The molecule has 0 bridgehead atoms. The smallest absolute Gasteiger partial charge is 0.306 e. The van der Waals surface area contributed by atoms with Gasteiger partial charge in [0.25, 0.3) is 5.91 Å². The molecule has 0 spiro atoms. The number of hydrogen-bond acceptors (Lipinski definition) is 3. The van der Waals surface area contributed by atoms with Crippen LogP contribution in [0.1, 0.15) is 23.7 Å². The lowest BCUT2D eigenvalue weighted by atomic mass is 10.0. The van der Waals surface area contributed by atoms with E-state index in [1.807, 2.05) is 0 Å². The summed E-state index contributed by atoms with van der Waals surface area (Å²) in [5.74, 6) is -4.62. The fourth-order valence-electron chi connectivity index (χ4n) is 1.43. The number of amides is 1. The first-order valence-electron chi connectivity index (χ1n) is 5.39. The van der Waals surface area contributed by atoms with Crippen molar-refractivity contribution in [2.45, 2.75) is 18.9 Å². The van der Waals surface area contributed by atoms with Gasteiger partial charge in [0.2, 0.25) is 0 Å². The van der Waals surface area contributed by atoms with Crippen molar-refractivity contribution in [2.24, 2.45) is 0 Å². The van der Waals surface area contributed by atoms with E-state index in [-0.39, 0.29) is 0 Å². The minimum absolute atomic E-state index is 0.395. The number of aliphatic hydroxyl groups is 1. The molecule has 0 aliphatic carbocycles. The highest BCUT2D eigenvalue weighted by atomic mass is 19.2. The number of halogens is 2. The molecular weight excluding hydrogens is 260 g/mol. The average molecular weight is 273 g/mol. The number of carboxylic acids is 1. The Kier molecular flexibility index (Phi) is 4.55. The number of carbonyl (C=O) groups excluding carboxylic acids is 1. The molecule has 0 heterocycles. The van der Waals surface area contributed by atoms with Crippen molar-refractivity contribution in [2.75, 3.05) is 6.54 Å². The van der Waals surface area contributed by atoms with Crippen LogP contribution in [0.5, 0.6) is 0 Å². The Balaban J connectivity index is 2.71. The molecule has 0 fully saturated rings. The van der Waals surface area contributed by atoms with Gasteiger partial charge in [-0.3, -0.25) is 9.59 Å². The van der Waals surface area contributed by atoms with Crippen LogP contribution < -0.4 is 5.32 Å². The Morgan fingerprint density at radius 2 is 2.00 bits per heavy atom. The molecule has 0 saturated carbocycles. The molecular formula is C12H13F2NO4. The molecule has 1 atom stereocenters. The first-order chi connectivity index (χ1) is 8.73. The molecule has 1 rings (SSSR count). The van der Waals surface area contributed by atoms with Gasteiger partial charge in [0, 0.05) is 6.54 Å². The summed E-state index contributed by atoms with van der Waals surface area (Å²) in [6, 6.07) is 3.12. The topological polar surface area (TPSA) is 86.6 Å². The van der Waals surface area contributed by atoms with Crippen LogP contribution in [0.2, 0.25) is 0 Å². The number of hydrogen-bond donors (Lipinski definition) is 3. The molecule has 3 N–H and O–H groups in total. The van der Waals surface area contributed by atoms with Crippen LogP contribution >= 0.6 is 0 Å². The molecule has 0 radical (unpaired) electrons. The first-order valence-corrected chi connectivity index (χ1v) is 5.39. The van der Waals surface area contributed by atoms with Crippen molar-refractivity contribution >= 4 is 11.9 Å². The monoisotopic (exact) mass is 273 g/mol. The summed E-state index contributed by atoms with van der Waals surface area (Å²) in [5.41, 5.74) is -2.18. The lowest BCUT2D eigenvalue weighted by Crippen LogP contribution is -2.42. The van der Waals surface area contributed by atoms with Crippen LogP contribution in [0, 0.1) is 11.6 Å². The number of benzene rings is 1. The third kappa shape index (κ3) is 4.29.